The van der Waals surface area contributed by atoms with Crippen molar-refractivity contribution in [3.8, 4) is 5.75 Å². The highest BCUT2D eigenvalue weighted by Crippen LogP contribution is 2.29. The number of anilines is 1. The second kappa shape index (κ2) is 11.9. The number of nitrogens with one attached hydrogen (secondary N) is 1. The first-order valence-corrected chi connectivity index (χ1v) is 8.98. The molecule has 8 nitrogen and oxygen atoms in total. The van der Waals surface area contributed by atoms with Crippen molar-refractivity contribution in [2.24, 2.45) is 5.92 Å². The van der Waals surface area contributed by atoms with E-state index in [1.807, 2.05) is 24.3 Å². The van der Waals surface area contributed by atoms with Gasteiger partial charge in [-0.15, -0.1) is 0 Å². The number of carbonyl (C=O) groups excluding carboxylic acids is 1. The fraction of sp³-hybridized carbons (Fsp3) is 0.526. The van der Waals surface area contributed by atoms with Crippen LogP contribution in [0, 0.1) is 5.92 Å². The van der Waals surface area contributed by atoms with Crippen LogP contribution in [0.1, 0.15) is 32.6 Å². The third-order valence-electron chi connectivity index (χ3n) is 3.94. The Labute approximate surface area is 159 Å². The number of methoxy groups -OCH3 is 1. The van der Waals surface area contributed by atoms with Gasteiger partial charge in [0.2, 0.25) is 5.91 Å². The molecule has 3 N–H and O–H groups in total. The summed E-state index contributed by atoms with van der Waals surface area (Å²) in [5.41, 5.74) is 0.795. The number of carboxylic acids is 2. The minimum absolute atomic E-state index is 0.0696. The molecule has 8 heteroatoms. The number of carbonyl (C=O) groups is 3. The van der Waals surface area contributed by atoms with Crippen molar-refractivity contribution in [1.82, 2.24) is 4.90 Å². The van der Waals surface area contributed by atoms with Crippen molar-refractivity contribution in [2.45, 2.75) is 32.6 Å². The number of benzene rings is 1. The monoisotopic (exact) mass is 380 g/mol. The average molecular weight is 380 g/mol. The number of nitrogens with zero attached hydrogens (tertiary/aromatic N) is 1. The molecule has 0 spiro atoms. The largest absolute Gasteiger partial charge is 0.497 e. The molecule has 0 bridgehead atoms. The Morgan fingerprint density at radius 3 is 2.37 bits per heavy atom. The Morgan fingerprint density at radius 2 is 1.85 bits per heavy atom. The number of hydrogen-bond acceptors (Lipinski definition) is 5. The van der Waals surface area contributed by atoms with Crippen LogP contribution >= 0.6 is 0 Å². The van der Waals surface area contributed by atoms with E-state index in [9.17, 15) is 4.79 Å². The van der Waals surface area contributed by atoms with E-state index in [0.717, 1.165) is 43.4 Å². The number of hydrogen-bond donors (Lipinski definition) is 3. The van der Waals surface area contributed by atoms with Crippen LogP contribution in [-0.2, 0) is 14.4 Å². The van der Waals surface area contributed by atoms with Crippen molar-refractivity contribution in [1.29, 1.82) is 0 Å². The molecule has 0 radical (unpaired) electrons. The molecule has 150 valence electrons. The normalized spacial score (nSPS) is 12.7. The van der Waals surface area contributed by atoms with Crippen molar-refractivity contribution in [2.75, 3.05) is 32.1 Å². The number of amides is 1. The lowest BCUT2D eigenvalue weighted by Crippen LogP contribution is -2.30. The Balaban J connectivity index is 0.000000527. The Kier molecular flexibility index (Phi) is 9.89. The maximum atomic E-state index is 12.0. The van der Waals surface area contributed by atoms with Crippen LogP contribution in [-0.4, -0.2) is 59.7 Å². The molecule has 0 heterocycles. The van der Waals surface area contributed by atoms with Crippen LogP contribution in [0.2, 0.25) is 0 Å². The van der Waals surface area contributed by atoms with Gasteiger partial charge >= 0.3 is 11.9 Å². The van der Waals surface area contributed by atoms with Crippen molar-refractivity contribution >= 4 is 23.5 Å². The zero-order valence-electron chi connectivity index (χ0n) is 15.8. The SMILES string of the molecule is CCCN(CCC(=O)Nc1cccc(OC)c1)CC1CC1.O=C(O)C(=O)O. The number of rotatable bonds is 9. The summed E-state index contributed by atoms with van der Waals surface area (Å²) in [4.78, 5) is 32.7. The van der Waals surface area contributed by atoms with Gasteiger partial charge in [-0.05, 0) is 43.9 Å². The third-order valence-corrected chi connectivity index (χ3v) is 3.94. The van der Waals surface area contributed by atoms with E-state index in [-0.39, 0.29) is 5.91 Å². The highest BCUT2D eigenvalue weighted by atomic mass is 16.5. The van der Waals surface area contributed by atoms with Gasteiger partial charge in [-0.25, -0.2) is 9.59 Å². The minimum atomic E-state index is -1.82. The number of carboxylic acid groups (broad SMARTS) is 2. The summed E-state index contributed by atoms with van der Waals surface area (Å²) in [5, 5.41) is 17.7. The topological polar surface area (TPSA) is 116 Å². The van der Waals surface area contributed by atoms with Gasteiger partial charge in [-0.2, -0.15) is 0 Å². The fourth-order valence-electron chi connectivity index (χ4n) is 2.46. The van der Waals surface area contributed by atoms with E-state index in [1.54, 1.807) is 7.11 Å². The lowest BCUT2D eigenvalue weighted by Gasteiger charge is -2.21. The quantitative estimate of drug-likeness (QED) is 0.563. The number of aliphatic carboxylic acids is 2. The predicted octanol–water partition coefficient (Wildman–Crippen LogP) is 2.30. The van der Waals surface area contributed by atoms with Crippen molar-refractivity contribution in [3.05, 3.63) is 24.3 Å². The second-order valence-corrected chi connectivity index (χ2v) is 6.38. The molecule has 1 aliphatic rings. The molecule has 0 atom stereocenters. The van der Waals surface area contributed by atoms with E-state index in [1.165, 1.54) is 12.8 Å². The van der Waals surface area contributed by atoms with Crippen LogP contribution in [0.25, 0.3) is 0 Å². The van der Waals surface area contributed by atoms with Crippen LogP contribution < -0.4 is 10.1 Å². The molecule has 0 unspecified atom stereocenters. The molecule has 1 saturated carbocycles. The lowest BCUT2D eigenvalue weighted by molar-refractivity contribution is -0.159. The van der Waals surface area contributed by atoms with Crippen LogP contribution in [0.5, 0.6) is 5.75 Å². The first kappa shape index (κ1) is 22.4. The molecule has 1 amide bonds. The summed E-state index contributed by atoms with van der Waals surface area (Å²) >= 11 is 0. The summed E-state index contributed by atoms with van der Waals surface area (Å²) in [6.45, 7) is 5.28. The molecule has 0 aromatic heterocycles. The third kappa shape index (κ3) is 10.2. The molecule has 2 rings (SSSR count). The highest BCUT2D eigenvalue weighted by molar-refractivity contribution is 6.27. The van der Waals surface area contributed by atoms with Gasteiger partial charge in [0, 0.05) is 31.3 Å². The van der Waals surface area contributed by atoms with E-state index >= 15 is 0 Å². The molecular weight excluding hydrogens is 352 g/mol. The van der Waals surface area contributed by atoms with Gasteiger partial charge in [0.1, 0.15) is 5.75 Å². The molecule has 1 aliphatic carbocycles. The van der Waals surface area contributed by atoms with E-state index < -0.39 is 11.9 Å². The summed E-state index contributed by atoms with van der Waals surface area (Å²) < 4.78 is 5.16. The molecule has 27 heavy (non-hydrogen) atoms. The summed E-state index contributed by atoms with van der Waals surface area (Å²) in [6.07, 6.45) is 4.40. The van der Waals surface area contributed by atoms with E-state index in [0.29, 0.717) is 6.42 Å². The van der Waals surface area contributed by atoms with Crippen LogP contribution in [0.3, 0.4) is 0 Å². The van der Waals surface area contributed by atoms with Gasteiger partial charge < -0.3 is 25.2 Å². The number of ether oxygens (including phenoxy) is 1. The van der Waals surface area contributed by atoms with Crippen molar-refractivity contribution in [3.63, 3.8) is 0 Å². The van der Waals surface area contributed by atoms with Gasteiger partial charge in [-0.3, -0.25) is 4.79 Å². The molecular formula is C19H28N2O6. The zero-order chi connectivity index (χ0) is 20.2. The highest BCUT2D eigenvalue weighted by Gasteiger charge is 2.24. The maximum Gasteiger partial charge on any atom is 0.414 e. The smallest absolute Gasteiger partial charge is 0.414 e. The Bertz CT molecular complexity index is 618. The standard InChI is InChI=1S/C17H26N2O2.C2H2O4/c1-3-10-19(13-14-7-8-14)11-9-17(20)18-15-5-4-6-16(12-15)21-2;3-1(4)2(5)6/h4-6,12,14H,3,7-11,13H2,1-2H3,(H,18,20);(H,3,4)(H,5,6). The first-order chi connectivity index (χ1) is 12.8. The summed E-state index contributed by atoms with van der Waals surface area (Å²) in [5.74, 6) is -1.95. The molecule has 0 aliphatic heterocycles. The van der Waals surface area contributed by atoms with Gasteiger partial charge in [0.05, 0.1) is 7.11 Å². The average Bonchev–Trinajstić information content (AvgIpc) is 3.44. The molecule has 1 aromatic carbocycles. The van der Waals surface area contributed by atoms with E-state index in [2.05, 4.69) is 17.1 Å². The fourth-order valence-corrected chi connectivity index (χ4v) is 2.46. The molecule has 0 saturated heterocycles. The first-order valence-electron chi connectivity index (χ1n) is 8.98. The summed E-state index contributed by atoms with van der Waals surface area (Å²) in [6, 6.07) is 7.47. The van der Waals surface area contributed by atoms with Crippen LogP contribution in [0.4, 0.5) is 5.69 Å². The second-order valence-electron chi connectivity index (χ2n) is 6.38. The van der Waals surface area contributed by atoms with Gasteiger partial charge in [-0.1, -0.05) is 13.0 Å². The minimum Gasteiger partial charge on any atom is -0.497 e. The van der Waals surface area contributed by atoms with Crippen LogP contribution in [0.15, 0.2) is 24.3 Å². The van der Waals surface area contributed by atoms with Gasteiger partial charge in [0.15, 0.2) is 0 Å². The predicted molar refractivity (Wildman–Crippen MR) is 101 cm³/mol. The molecule has 1 aromatic rings. The lowest BCUT2D eigenvalue weighted by atomic mass is 10.2. The van der Waals surface area contributed by atoms with Crippen molar-refractivity contribution < 1.29 is 29.3 Å². The maximum absolute atomic E-state index is 12.0. The van der Waals surface area contributed by atoms with E-state index in [4.69, 9.17) is 24.5 Å². The Morgan fingerprint density at radius 1 is 1.19 bits per heavy atom. The summed E-state index contributed by atoms with van der Waals surface area (Å²) in [7, 11) is 1.63. The Hall–Kier alpha value is -2.61. The van der Waals surface area contributed by atoms with Gasteiger partial charge in [0.25, 0.3) is 0 Å². The zero-order valence-corrected chi connectivity index (χ0v) is 15.8. The molecule has 1 fully saturated rings.